The molecule has 0 saturated carbocycles. The van der Waals surface area contributed by atoms with Gasteiger partial charge in [0.25, 0.3) is 5.91 Å². The Kier molecular flexibility index (Phi) is 9.32. The summed E-state index contributed by atoms with van der Waals surface area (Å²) in [5, 5.41) is 3.08. The summed E-state index contributed by atoms with van der Waals surface area (Å²) in [5.41, 5.74) is 3.73. The van der Waals surface area contributed by atoms with E-state index in [1.165, 1.54) is 0 Å². The molecular weight excluding hydrogens is 516 g/mol. The summed E-state index contributed by atoms with van der Waals surface area (Å²) in [5.74, 6) is 0.193. The van der Waals surface area contributed by atoms with Crippen LogP contribution in [0.15, 0.2) is 77.3 Å². The van der Waals surface area contributed by atoms with Crippen molar-refractivity contribution in [2.75, 3.05) is 6.61 Å². The number of hydrogen-bond acceptors (Lipinski definition) is 3. The fourth-order valence-corrected chi connectivity index (χ4v) is 4.09. The van der Waals surface area contributed by atoms with E-state index in [1.54, 1.807) is 4.90 Å². The van der Waals surface area contributed by atoms with Gasteiger partial charge in [-0.3, -0.25) is 9.59 Å². The van der Waals surface area contributed by atoms with Crippen molar-refractivity contribution in [3.63, 3.8) is 0 Å². The molecule has 6 heteroatoms. The summed E-state index contributed by atoms with van der Waals surface area (Å²) < 4.78 is 6.84. The van der Waals surface area contributed by atoms with Crippen molar-refractivity contribution < 1.29 is 14.3 Å². The highest BCUT2D eigenvalue weighted by Gasteiger charge is 2.32. The van der Waals surface area contributed by atoms with Gasteiger partial charge in [-0.25, -0.2) is 0 Å². The van der Waals surface area contributed by atoms with Gasteiger partial charge in [0, 0.05) is 23.0 Å². The second kappa shape index (κ2) is 12.2. The molecule has 1 N–H and O–H groups in total. The number of ether oxygens (including phenoxy) is 1. The second-order valence-corrected chi connectivity index (χ2v) is 11.0. The maximum atomic E-state index is 13.7. The molecule has 0 aliphatic rings. The van der Waals surface area contributed by atoms with Crippen LogP contribution in [0.2, 0.25) is 0 Å². The quantitative estimate of drug-likeness (QED) is 0.355. The summed E-state index contributed by atoms with van der Waals surface area (Å²) in [6.07, 6.45) is 0.397. The van der Waals surface area contributed by atoms with Gasteiger partial charge >= 0.3 is 0 Å². The fourth-order valence-electron chi connectivity index (χ4n) is 3.83. The van der Waals surface area contributed by atoms with Crippen LogP contribution in [0.1, 0.15) is 43.0 Å². The zero-order valence-corrected chi connectivity index (χ0v) is 23.3. The molecule has 3 aromatic carbocycles. The molecule has 0 bridgehead atoms. The number of halogens is 1. The molecule has 0 aliphatic carbocycles. The molecule has 190 valence electrons. The Morgan fingerprint density at radius 3 is 2.19 bits per heavy atom. The molecule has 0 radical (unpaired) electrons. The molecule has 36 heavy (non-hydrogen) atoms. The van der Waals surface area contributed by atoms with Gasteiger partial charge in [-0.15, -0.1) is 0 Å². The lowest BCUT2D eigenvalue weighted by atomic mass is 10.0. The number of rotatable bonds is 9. The van der Waals surface area contributed by atoms with Crippen LogP contribution in [0.5, 0.6) is 5.75 Å². The van der Waals surface area contributed by atoms with Crippen molar-refractivity contribution in [2.24, 2.45) is 0 Å². The Labute approximate surface area is 223 Å². The first-order chi connectivity index (χ1) is 17.0. The lowest BCUT2D eigenvalue weighted by molar-refractivity contribution is -0.143. The van der Waals surface area contributed by atoms with Crippen LogP contribution in [0, 0.1) is 13.8 Å². The predicted octanol–water partition coefficient (Wildman–Crippen LogP) is 6.00. The van der Waals surface area contributed by atoms with E-state index >= 15 is 0 Å². The molecule has 1 atom stereocenters. The van der Waals surface area contributed by atoms with Gasteiger partial charge < -0.3 is 15.0 Å². The molecular formula is C30H35BrN2O3. The number of nitrogens with one attached hydrogen (secondary N) is 1. The standard InChI is InChI=1S/C30H35BrN2O3/c1-21-11-16-26(17-22(21)2)36-20-28(34)33(19-24-12-14-25(31)15-13-24)27(29(35)32-30(3,4)5)18-23-9-7-6-8-10-23/h6-17,27H,18-20H2,1-5H3,(H,32,35)/t27-/m1/s1. The minimum atomic E-state index is -0.703. The first-order valence-electron chi connectivity index (χ1n) is 12.1. The summed E-state index contributed by atoms with van der Waals surface area (Å²) in [7, 11) is 0. The van der Waals surface area contributed by atoms with Crippen molar-refractivity contribution in [1.29, 1.82) is 0 Å². The van der Waals surface area contributed by atoms with Gasteiger partial charge in [0.1, 0.15) is 11.8 Å². The fraction of sp³-hybridized carbons (Fsp3) is 0.333. The van der Waals surface area contributed by atoms with Crippen LogP contribution in [0.4, 0.5) is 0 Å². The Bertz CT molecular complexity index is 1170. The second-order valence-electron chi connectivity index (χ2n) is 10.1. The smallest absolute Gasteiger partial charge is 0.261 e. The number of nitrogens with zero attached hydrogens (tertiary/aromatic N) is 1. The van der Waals surface area contributed by atoms with Gasteiger partial charge in [0.05, 0.1) is 0 Å². The van der Waals surface area contributed by atoms with Gasteiger partial charge in [-0.2, -0.15) is 0 Å². The third kappa shape index (κ3) is 8.23. The minimum Gasteiger partial charge on any atom is -0.484 e. The number of carbonyl (C=O) groups is 2. The summed E-state index contributed by atoms with van der Waals surface area (Å²) in [6, 6.07) is 22.6. The number of benzene rings is 3. The summed E-state index contributed by atoms with van der Waals surface area (Å²) >= 11 is 3.47. The van der Waals surface area contributed by atoms with E-state index < -0.39 is 11.6 Å². The van der Waals surface area contributed by atoms with Gasteiger partial charge in [0.15, 0.2) is 6.61 Å². The van der Waals surface area contributed by atoms with Crippen LogP contribution in [-0.4, -0.2) is 34.9 Å². The van der Waals surface area contributed by atoms with Crippen LogP contribution in [0.25, 0.3) is 0 Å². The summed E-state index contributed by atoms with van der Waals surface area (Å²) in [4.78, 5) is 28.8. The first-order valence-corrected chi connectivity index (χ1v) is 12.9. The molecule has 0 unspecified atom stereocenters. The Morgan fingerprint density at radius 2 is 1.58 bits per heavy atom. The van der Waals surface area contributed by atoms with Crippen molar-refractivity contribution in [1.82, 2.24) is 10.2 Å². The largest absolute Gasteiger partial charge is 0.484 e. The van der Waals surface area contributed by atoms with E-state index in [2.05, 4.69) is 21.2 Å². The lowest BCUT2D eigenvalue weighted by Crippen LogP contribution is -2.55. The molecule has 2 amide bonds. The van der Waals surface area contributed by atoms with E-state index in [0.29, 0.717) is 12.2 Å². The highest BCUT2D eigenvalue weighted by Crippen LogP contribution is 2.20. The van der Waals surface area contributed by atoms with E-state index in [4.69, 9.17) is 4.74 Å². The van der Waals surface area contributed by atoms with Gasteiger partial charge in [-0.05, 0) is 81.1 Å². The van der Waals surface area contributed by atoms with Gasteiger partial charge in [0.2, 0.25) is 5.91 Å². The number of aryl methyl sites for hydroxylation is 2. The van der Waals surface area contributed by atoms with Crippen molar-refractivity contribution in [2.45, 2.75) is 59.2 Å². The van der Waals surface area contributed by atoms with Crippen LogP contribution < -0.4 is 10.1 Å². The maximum Gasteiger partial charge on any atom is 0.261 e. The molecule has 0 spiro atoms. The van der Waals surface area contributed by atoms with Crippen LogP contribution in [-0.2, 0) is 22.6 Å². The third-order valence-corrected chi connectivity index (χ3v) is 6.40. The molecule has 3 aromatic rings. The number of amides is 2. The van der Waals surface area contributed by atoms with E-state index in [0.717, 1.165) is 26.7 Å². The van der Waals surface area contributed by atoms with Crippen molar-refractivity contribution in [3.8, 4) is 5.75 Å². The van der Waals surface area contributed by atoms with Crippen molar-refractivity contribution in [3.05, 3.63) is 99.5 Å². The molecule has 5 nitrogen and oxygen atoms in total. The van der Waals surface area contributed by atoms with E-state index in [1.807, 2.05) is 107 Å². The number of carbonyl (C=O) groups excluding carboxylic acids is 2. The minimum absolute atomic E-state index is 0.160. The van der Waals surface area contributed by atoms with Crippen LogP contribution in [0.3, 0.4) is 0 Å². The Balaban J connectivity index is 1.92. The Morgan fingerprint density at radius 1 is 0.917 bits per heavy atom. The normalized spacial score (nSPS) is 12.1. The Hall–Kier alpha value is -3.12. The van der Waals surface area contributed by atoms with E-state index in [-0.39, 0.29) is 25.0 Å². The van der Waals surface area contributed by atoms with E-state index in [9.17, 15) is 9.59 Å². The molecule has 0 saturated heterocycles. The monoisotopic (exact) mass is 550 g/mol. The molecule has 3 rings (SSSR count). The lowest BCUT2D eigenvalue weighted by Gasteiger charge is -2.33. The average molecular weight is 552 g/mol. The molecule has 0 fully saturated rings. The van der Waals surface area contributed by atoms with Crippen molar-refractivity contribution >= 4 is 27.7 Å². The summed E-state index contributed by atoms with van der Waals surface area (Å²) in [6.45, 7) is 9.99. The third-order valence-electron chi connectivity index (χ3n) is 5.88. The number of hydrogen-bond donors (Lipinski definition) is 1. The predicted molar refractivity (Wildman–Crippen MR) is 148 cm³/mol. The molecule has 0 heterocycles. The first kappa shape index (κ1) is 27.5. The average Bonchev–Trinajstić information content (AvgIpc) is 2.82. The SMILES string of the molecule is Cc1ccc(OCC(=O)N(Cc2ccc(Br)cc2)[C@H](Cc2ccccc2)C(=O)NC(C)(C)C)cc1C. The molecule has 0 aliphatic heterocycles. The van der Waals surface area contributed by atoms with Gasteiger partial charge in [-0.1, -0.05) is 64.5 Å². The topological polar surface area (TPSA) is 58.6 Å². The van der Waals surface area contributed by atoms with Crippen LogP contribution >= 0.6 is 15.9 Å². The highest BCUT2D eigenvalue weighted by atomic mass is 79.9. The molecule has 0 aromatic heterocycles. The zero-order chi connectivity index (χ0) is 26.3. The highest BCUT2D eigenvalue weighted by molar-refractivity contribution is 9.10. The zero-order valence-electron chi connectivity index (χ0n) is 21.7. The maximum absolute atomic E-state index is 13.7.